The maximum absolute atomic E-state index is 14.8. The number of halogens is 1. The Morgan fingerprint density at radius 3 is 2.21 bits per heavy atom. The Labute approximate surface area is 225 Å². The van der Waals surface area contributed by atoms with E-state index in [0.717, 1.165) is 26.9 Å². The SMILES string of the molecule is Cc1ccc(N(CN2C(=O)c3ccccc3C2=O)C(=O)c2ccc(F)c(S(=O)(=O)N3CCOCC3)c2)c(C)c1. The lowest BCUT2D eigenvalue weighted by molar-refractivity contribution is 0.0650. The minimum Gasteiger partial charge on any atom is -0.379 e. The van der Waals surface area contributed by atoms with Crippen molar-refractivity contribution in [2.75, 3.05) is 37.9 Å². The number of benzene rings is 3. The van der Waals surface area contributed by atoms with E-state index in [0.29, 0.717) is 11.3 Å². The number of sulfonamides is 1. The predicted octanol–water partition coefficient (Wildman–Crippen LogP) is 3.36. The van der Waals surface area contributed by atoms with Gasteiger partial charge in [-0.25, -0.2) is 12.8 Å². The number of amides is 3. The number of rotatable bonds is 6. The molecule has 39 heavy (non-hydrogen) atoms. The fraction of sp³-hybridized carbons (Fsp3) is 0.250. The molecule has 5 rings (SSSR count). The van der Waals surface area contributed by atoms with Crippen LogP contribution in [0.2, 0.25) is 0 Å². The van der Waals surface area contributed by atoms with Crippen molar-refractivity contribution >= 4 is 33.4 Å². The molecule has 0 aliphatic carbocycles. The van der Waals surface area contributed by atoms with Gasteiger partial charge in [0.2, 0.25) is 10.0 Å². The van der Waals surface area contributed by atoms with Crippen LogP contribution >= 0.6 is 0 Å². The first-order valence-electron chi connectivity index (χ1n) is 12.3. The second-order valence-electron chi connectivity index (χ2n) is 9.41. The van der Waals surface area contributed by atoms with Crippen molar-refractivity contribution in [3.63, 3.8) is 0 Å². The second kappa shape index (κ2) is 10.3. The molecular weight excluding hydrogens is 525 g/mol. The Bertz CT molecular complexity index is 1570. The lowest BCUT2D eigenvalue weighted by Crippen LogP contribution is -2.45. The number of ether oxygens (including phenoxy) is 1. The molecule has 9 nitrogen and oxygen atoms in total. The molecule has 2 aliphatic rings. The number of fused-ring (bicyclic) bond motifs is 1. The third-order valence-electron chi connectivity index (χ3n) is 6.82. The number of carbonyl (C=O) groups is 3. The van der Waals surface area contributed by atoms with Gasteiger partial charge in [-0.15, -0.1) is 0 Å². The molecule has 0 N–H and O–H groups in total. The molecule has 0 unspecified atom stereocenters. The summed E-state index contributed by atoms with van der Waals surface area (Å²) < 4.78 is 47.6. The molecule has 3 aromatic carbocycles. The summed E-state index contributed by atoms with van der Waals surface area (Å²) in [7, 11) is -4.24. The van der Waals surface area contributed by atoms with Crippen LogP contribution in [0.25, 0.3) is 0 Å². The number of nitrogens with zero attached hydrogens (tertiary/aromatic N) is 3. The third-order valence-corrected chi connectivity index (χ3v) is 8.73. The normalized spacial score (nSPS) is 15.9. The Kier molecular flexibility index (Phi) is 7.06. The highest BCUT2D eigenvalue weighted by molar-refractivity contribution is 7.89. The summed E-state index contributed by atoms with van der Waals surface area (Å²) in [6, 6.07) is 14.8. The van der Waals surface area contributed by atoms with Crippen LogP contribution in [0, 0.1) is 19.7 Å². The highest BCUT2D eigenvalue weighted by atomic mass is 32.2. The molecular formula is C28H26FN3O6S. The van der Waals surface area contributed by atoms with E-state index in [1.807, 2.05) is 13.0 Å². The van der Waals surface area contributed by atoms with Crippen molar-refractivity contribution in [3.05, 3.63) is 94.3 Å². The Morgan fingerprint density at radius 2 is 1.59 bits per heavy atom. The van der Waals surface area contributed by atoms with Crippen molar-refractivity contribution in [2.45, 2.75) is 18.7 Å². The first-order chi connectivity index (χ1) is 18.6. The van der Waals surface area contributed by atoms with E-state index in [2.05, 4.69) is 0 Å². The molecule has 2 aliphatic heterocycles. The van der Waals surface area contributed by atoms with Crippen LogP contribution in [0.3, 0.4) is 0 Å². The van der Waals surface area contributed by atoms with E-state index in [4.69, 9.17) is 4.74 Å². The van der Waals surface area contributed by atoms with Gasteiger partial charge in [-0.05, 0) is 55.8 Å². The molecule has 1 saturated heterocycles. The van der Waals surface area contributed by atoms with Crippen molar-refractivity contribution in [1.29, 1.82) is 0 Å². The zero-order valence-electron chi connectivity index (χ0n) is 21.4. The molecule has 2 heterocycles. The molecule has 0 atom stereocenters. The van der Waals surface area contributed by atoms with Gasteiger partial charge in [0.05, 0.1) is 24.3 Å². The summed E-state index contributed by atoms with van der Waals surface area (Å²) in [5.74, 6) is -2.78. The quantitative estimate of drug-likeness (QED) is 0.435. The van der Waals surface area contributed by atoms with Crippen LogP contribution in [0.1, 0.15) is 42.2 Å². The Hall–Kier alpha value is -3.93. The highest BCUT2D eigenvalue weighted by Gasteiger charge is 2.38. The summed E-state index contributed by atoms with van der Waals surface area (Å²) >= 11 is 0. The first-order valence-corrected chi connectivity index (χ1v) is 13.8. The predicted molar refractivity (Wildman–Crippen MR) is 141 cm³/mol. The molecule has 0 spiro atoms. The zero-order chi connectivity index (χ0) is 27.9. The lowest BCUT2D eigenvalue weighted by atomic mass is 10.1. The first kappa shape index (κ1) is 26.7. The number of carbonyl (C=O) groups excluding carboxylic acids is 3. The van der Waals surface area contributed by atoms with Gasteiger partial charge in [0.25, 0.3) is 17.7 Å². The van der Waals surface area contributed by atoms with E-state index in [9.17, 15) is 27.2 Å². The number of hydrogen-bond donors (Lipinski definition) is 0. The van der Waals surface area contributed by atoms with Crippen LogP contribution in [0.5, 0.6) is 0 Å². The molecule has 0 aromatic heterocycles. The maximum atomic E-state index is 14.8. The molecule has 3 amide bonds. The average molecular weight is 552 g/mol. The summed E-state index contributed by atoms with van der Waals surface area (Å²) in [5.41, 5.74) is 2.41. The van der Waals surface area contributed by atoms with Crippen molar-refractivity contribution in [2.24, 2.45) is 0 Å². The number of imide groups is 1. The topological polar surface area (TPSA) is 104 Å². The summed E-state index contributed by atoms with van der Waals surface area (Å²) in [6.45, 7) is 3.74. The van der Waals surface area contributed by atoms with Gasteiger partial charge >= 0.3 is 0 Å². The summed E-state index contributed by atoms with van der Waals surface area (Å²) in [5, 5.41) is 0. The van der Waals surface area contributed by atoms with E-state index in [-0.39, 0.29) is 43.0 Å². The highest BCUT2D eigenvalue weighted by Crippen LogP contribution is 2.29. The van der Waals surface area contributed by atoms with Crippen LogP contribution in [0.15, 0.2) is 65.6 Å². The van der Waals surface area contributed by atoms with Gasteiger partial charge in [0.15, 0.2) is 0 Å². The third kappa shape index (κ3) is 4.84. The van der Waals surface area contributed by atoms with E-state index >= 15 is 0 Å². The number of aryl methyl sites for hydroxylation is 2. The maximum Gasteiger partial charge on any atom is 0.263 e. The smallest absolute Gasteiger partial charge is 0.263 e. The molecule has 0 radical (unpaired) electrons. The molecule has 0 saturated carbocycles. The van der Waals surface area contributed by atoms with Gasteiger partial charge in [-0.3, -0.25) is 24.2 Å². The van der Waals surface area contributed by atoms with Crippen molar-refractivity contribution in [3.8, 4) is 0 Å². The number of morpholine rings is 1. The number of anilines is 1. The van der Waals surface area contributed by atoms with Gasteiger partial charge in [-0.2, -0.15) is 4.31 Å². The summed E-state index contributed by atoms with van der Waals surface area (Å²) in [4.78, 5) is 41.7. The fourth-order valence-electron chi connectivity index (χ4n) is 4.78. The van der Waals surface area contributed by atoms with Gasteiger partial charge < -0.3 is 4.74 Å². The minimum atomic E-state index is -4.24. The van der Waals surface area contributed by atoms with Crippen molar-refractivity contribution < 1.29 is 31.9 Å². The zero-order valence-corrected chi connectivity index (χ0v) is 22.2. The lowest BCUT2D eigenvalue weighted by Gasteiger charge is -2.29. The molecule has 1 fully saturated rings. The van der Waals surface area contributed by atoms with E-state index in [1.165, 1.54) is 11.0 Å². The molecule has 0 bridgehead atoms. The van der Waals surface area contributed by atoms with Crippen LogP contribution in [-0.4, -0.2) is 68.3 Å². The van der Waals surface area contributed by atoms with E-state index in [1.54, 1.807) is 43.3 Å². The van der Waals surface area contributed by atoms with Crippen molar-refractivity contribution in [1.82, 2.24) is 9.21 Å². The molecule has 202 valence electrons. The van der Waals surface area contributed by atoms with Gasteiger partial charge in [0, 0.05) is 24.3 Å². The number of hydrogen-bond acceptors (Lipinski definition) is 6. The largest absolute Gasteiger partial charge is 0.379 e. The Morgan fingerprint density at radius 1 is 0.949 bits per heavy atom. The van der Waals surface area contributed by atoms with Crippen LogP contribution in [-0.2, 0) is 14.8 Å². The Balaban J connectivity index is 1.55. The second-order valence-corrected chi connectivity index (χ2v) is 11.3. The average Bonchev–Trinajstić information content (AvgIpc) is 3.17. The summed E-state index contributed by atoms with van der Waals surface area (Å²) in [6.07, 6.45) is 0. The monoisotopic (exact) mass is 551 g/mol. The van der Waals surface area contributed by atoms with Gasteiger partial charge in [-0.1, -0.05) is 29.8 Å². The minimum absolute atomic E-state index is 0.0639. The molecule has 3 aromatic rings. The van der Waals surface area contributed by atoms with E-state index < -0.39 is 45.1 Å². The standard InChI is InChI=1S/C28H26FN3O6S/c1-18-7-10-24(19(2)15-18)31(17-32-27(34)21-5-3-4-6-22(21)28(32)35)26(33)20-8-9-23(29)25(16-20)39(36,37)30-11-13-38-14-12-30/h3-10,15-16H,11-14,17H2,1-2H3. The van der Waals surface area contributed by atoms with Crippen LogP contribution < -0.4 is 4.90 Å². The molecule has 11 heteroatoms. The van der Waals surface area contributed by atoms with Crippen LogP contribution in [0.4, 0.5) is 10.1 Å². The van der Waals surface area contributed by atoms with Gasteiger partial charge in [0.1, 0.15) is 17.4 Å². The fourth-order valence-corrected chi connectivity index (χ4v) is 6.28.